The molecule has 1 aromatic carbocycles. The van der Waals surface area contributed by atoms with Crippen LogP contribution in [0.25, 0.3) is 5.57 Å². The van der Waals surface area contributed by atoms with E-state index < -0.39 is 12.6 Å². The summed E-state index contributed by atoms with van der Waals surface area (Å²) in [5, 5.41) is 9.33. The van der Waals surface area contributed by atoms with Crippen LogP contribution in [0.4, 0.5) is 10.1 Å². The predicted octanol–water partition coefficient (Wildman–Crippen LogP) is 2.64. The SMILES string of the molecule is O=C(O)C1=C2c3ccccc3N(CCF)C2CC=C1. The Morgan fingerprint density at radius 2 is 2.21 bits per heavy atom. The standard InChI is InChI=1S/C15H14FNO2/c16-8-9-17-12-6-2-1-4-10(12)14-11(15(18)19)5-3-7-13(14)17/h1-6,13H,7-9H2,(H,18,19). The van der Waals surface area contributed by atoms with Crippen molar-refractivity contribution in [3.05, 3.63) is 47.6 Å². The maximum atomic E-state index is 12.8. The third kappa shape index (κ3) is 1.75. The largest absolute Gasteiger partial charge is 0.478 e. The van der Waals surface area contributed by atoms with E-state index in [1.807, 2.05) is 35.2 Å². The Morgan fingerprint density at radius 3 is 2.95 bits per heavy atom. The van der Waals surface area contributed by atoms with Gasteiger partial charge in [-0.25, -0.2) is 9.18 Å². The van der Waals surface area contributed by atoms with Crippen LogP contribution in [-0.2, 0) is 4.79 Å². The number of para-hydroxylation sites is 1. The zero-order valence-corrected chi connectivity index (χ0v) is 10.3. The van der Waals surface area contributed by atoms with E-state index in [0.717, 1.165) is 23.2 Å². The third-order valence-electron chi connectivity index (χ3n) is 3.70. The first-order valence-corrected chi connectivity index (χ1v) is 6.30. The summed E-state index contributed by atoms with van der Waals surface area (Å²) in [5.74, 6) is -0.923. The van der Waals surface area contributed by atoms with Crippen LogP contribution in [0, 0.1) is 0 Å². The number of carbonyl (C=O) groups is 1. The number of carboxylic acid groups (broad SMARTS) is 1. The predicted molar refractivity (Wildman–Crippen MR) is 71.9 cm³/mol. The minimum absolute atomic E-state index is 0.0516. The molecule has 1 N–H and O–H groups in total. The van der Waals surface area contributed by atoms with Crippen molar-refractivity contribution in [2.24, 2.45) is 0 Å². The highest BCUT2D eigenvalue weighted by Gasteiger charge is 2.37. The first kappa shape index (κ1) is 12.0. The van der Waals surface area contributed by atoms with Crippen molar-refractivity contribution in [1.82, 2.24) is 0 Å². The Hall–Kier alpha value is -2.10. The molecule has 19 heavy (non-hydrogen) atoms. The average molecular weight is 259 g/mol. The summed E-state index contributed by atoms with van der Waals surface area (Å²) in [6.45, 7) is -0.143. The van der Waals surface area contributed by atoms with Crippen LogP contribution in [0.5, 0.6) is 0 Å². The molecule has 0 saturated carbocycles. The smallest absolute Gasteiger partial charge is 0.336 e. The van der Waals surface area contributed by atoms with Crippen molar-refractivity contribution < 1.29 is 14.3 Å². The van der Waals surface area contributed by atoms with Gasteiger partial charge in [-0.15, -0.1) is 0 Å². The van der Waals surface area contributed by atoms with Crippen LogP contribution >= 0.6 is 0 Å². The maximum Gasteiger partial charge on any atom is 0.336 e. The number of rotatable bonds is 3. The Bertz CT molecular complexity index is 592. The molecule has 0 fully saturated rings. The number of hydrogen-bond acceptors (Lipinski definition) is 2. The minimum Gasteiger partial charge on any atom is -0.478 e. The number of fused-ring (bicyclic) bond motifs is 3. The van der Waals surface area contributed by atoms with Crippen molar-refractivity contribution in [2.75, 3.05) is 18.1 Å². The lowest BCUT2D eigenvalue weighted by Gasteiger charge is -2.28. The zero-order valence-electron chi connectivity index (χ0n) is 10.3. The number of hydrogen-bond donors (Lipinski definition) is 1. The zero-order chi connectivity index (χ0) is 13.4. The molecule has 1 aliphatic heterocycles. The van der Waals surface area contributed by atoms with Crippen molar-refractivity contribution in [1.29, 1.82) is 0 Å². The summed E-state index contributed by atoms with van der Waals surface area (Å²) in [5.41, 5.74) is 2.99. The van der Waals surface area contributed by atoms with Gasteiger partial charge < -0.3 is 10.0 Å². The van der Waals surface area contributed by atoms with E-state index in [0.29, 0.717) is 12.1 Å². The van der Waals surface area contributed by atoms with Crippen molar-refractivity contribution in [3.63, 3.8) is 0 Å². The topological polar surface area (TPSA) is 40.5 Å². The molecule has 3 rings (SSSR count). The Kier molecular flexibility index (Phi) is 2.85. The van der Waals surface area contributed by atoms with E-state index in [1.165, 1.54) is 0 Å². The number of carboxylic acids is 1. The van der Waals surface area contributed by atoms with Crippen LogP contribution in [0.1, 0.15) is 12.0 Å². The third-order valence-corrected chi connectivity index (χ3v) is 3.70. The second-order valence-corrected chi connectivity index (χ2v) is 4.69. The fourth-order valence-corrected chi connectivity index (χ4v) is 2.98. The van der Waals surface area contributed by atoms with Gasteiger partial charge in [-0.05, 0) is 18.1 Å². The highest BCUT2D eigenvalue weighted by atomic mass is 19.1. The molecule has 2 aliphatic rings. The lowest BCUT2D eigenvalue weighted by atomic mass is 9.90. The number of alkyl halides is 1. The molecule has 0 amide bonds. The lowest BCUT2D eigenvalue weighted by Crippen LogP contribution is -2.34. The number of benzene rings is 1. The van der Waals surface area contributed by atoms with Gasteiger partial charge in [0.15, 0.2) is 0 Å². The second-order valence-electron chi connectivity index (χ2n) is 4.69. The Labute approximate surface area is 110 Å². The average Bonchev–Trinajstić information content (AvgIpc) is 2.74. The lowest BCUT2D eigenvalue weighted by molar-refractivity contribution is -0.132. The van der Waals surface area contributed by atoms with Crippen LogP contribution in [0.2, 0.25) is 0 Å². The Balaban J connectivity index is 2.20. The molecule has 1 aliphatic carbocycles. The van der Waals surface area contributed by atoms with Gasteiger partial charge in [0.1, 0.15) is 6.67 Å². The van der Waals surface area contributed by atoms with Gasteiger partial charge in [0.2, 0.25) is 0 Å². The molecule has 1 heterocycles. The van der Waals surface area contributed by atoms with Crippen LogP contribution < -0.4 is 4.90 Å². The summed E-state index contributed by atoms with van der Waals surface area (Å²) in [6, 6.07) is 7.58. The van der Waals surface area contributed by atoms with Gasteiger partial charge in [0.25, 0.3) is 0 Å². The number of aliphatic carboxylic acids is 1. The molecule has 1 atom stereocenters. The van der Waals surface area contributed by atoms with Crippen LogP contribution in [0.15, 0.2) is 42.0 Å². The highest BCUT2D eigenvalue weighted by Crippen LogP contribution is 2.45. The molecule has 3 nitrogen and oxygen atoms in total. The fraction of sp³-hybridized carbons (Fsp3) is 0.267. The molecule has 1 unspecified atom stereocenters. The molecular formula is C15H14FNO2. The summed E-state index contributed by atoms with van der Waals surface area (Å²) in [4.78, 5) is 13.3. The molecule has 0 aromatic heterocycles. The van der Waals surface area contributed by atoms with E-state index in [1.54, 1.807) is 6.08 Å². The van der Waals surface area contributed by atoms with Gasteiger partial charge in [-0.1, -0.05) is 30.4 Å². The number of anilines is 1. The quantitative estimate of drug-likeness (QED) is 0.907. The van der Waals surface area contributed by atoms with E-state index in [-0.39, 0.29) is 6.04 Å². The highest BCUT2D eigenvalue weighted by molar-refractivity contribution is 6.05. The van der Waals surface area contributed by atoms with Gasteiger partial charge in [-0.3, -0.25) is 0 Å². The first-order valence-electron chi connectivity index (χ1n) is 6.30. The van der Waals surface area contributed by atoms with Gasteiger partial charge in [0, 0.05) is 17.8 Å². The molecule has 0 bridgehead atoms. The molecule has 98 valence electrons. The maximum absolute atomic E-state index is 12.8. The normalized spacial score (nSPS) is 20.5. The molecule has 0 saturated heterocycles. The molecule has 1 aromatic rings. The number of halogens is 1. The van der Waals surface area contributed by atoms with Crippen molar-refractivity contribution in [3.8, 4) is 0 Å². The summed E-state index contributed by atoms with van der Waals surface area (Å²) in [6.07, 6.45) is 4.24. The second kappa shape index (κ2) is 4.53. The molecular weight excluding hydrogens is 245 g/mol. The molecule has 4 heteroatoms. The van der Waals surface area contributed by atoms with Crippen molar-refractivity contribution >= 4 is 17.2 Å². The van der Waals surface area contributed by atoms with E-state index >= 15 is 0 Å². The van der Waals surface area contributed by atoms with Crippen LogP contribution in [-0.4, -0.2) is 30.3 Å². The molecule has 0 radical (unpaired) electrons. The van der Waals surface area contributed by atoms with E-state index in [9.17, 15) is 14.3 Å². The Morgan fingerprint density at radius 1 is 1.42 bits per heavy atom. The summed E-state index contributed by atoms with van der Waals surface area (Å²) in [7, 11) is 0. The van der Waals surface area contributed by atoms with Crippen molar-refractivity contribution in [2.45, 2.75) is 12.5 Å². The number of nitrogens with zero attached hydrogens (tertiary/aromatic N) is 1. The van der Waals surface area contributed by atoms with Crippen LogP contribution in [0.3, 0.4) is 0 Å². The summed E-state index contributed by atoms with van der Waals surface area (Å²) < 4.78 is 12.8. The molecule has 0 spiro atoms. The first-order chi connectivity index (χ1) is 9.24. The van der Waals surface area contributed by atoms with Gasteiger partial charge in [-0.2, -0.15) is 0 Å². The minimum atomic E-state index is -0.923. The van der Waals surface area contributed by atoms with Gasteiger partial charge >= 0.3 is 5.97 Å². The fourth-order valence-electron chi connectivity index (χ4n) is 2.98. The van der Waals surface area contributed by atoms with E-state index in [4.69, 9.17) is 0 Å². The summed E-state index contributed by atoms with van der Waals surface area (Å²) >= 11 is 0. The monoisotopic (exact) mass is 259 g/mol. The van der Waals surface area contributed by atoms with E-state index in [2.05, 4.69) is 0 Å². The van der Waals surface area contributed by atoms with Gasteiger partial charge in [0.05, 0.1) is 11.6 Å².